The lowest BCUT2D eigenvalue weighted by atomic mass is 10.3. The van der Waals surface area contributed by atoms with Crippen molar-refractivity contribution in [1.29, 1.82) is 0 Å². The third-order valence-corrected chi connectivity index (χ3v) is 4.15. The SMILES string of the molecule is CCCOc1ccc(NC(=O)CN2CCCN(C)CC2)cc1Cl. The van der Waals surface area contributed by atoms with Crippen molar-refractivity contribution in [1.82, 2.24) is 9.80 Å². The monoisotopic (exact) mass is 339 g/mol. The summed E-state index contributed by atoms with van der Waals surface area (Å²) in [6.07, 6.45) is 2.03. The molecule has 0 bridgehead atoms. The van der Waals surface area contributed by atoms with E-state index in [2.05, 4.69) is 22.2 Å². The Kier molecular flexibility index (Phi) is 7.15. The molecule has 1 heterocycles. The summed E-state index contributed by atoms with van der Waals surface area (Å²) in [7, 11) is 2.12. The fraction of sp³-hybridized carbons (Fsp3) is 0.588. The standard InChI is InChI=1S/C17H26ClN3O2/c1-3-11-23-16-6-5-14(12-15(16)18)19-17(22)13-21-8-4-7-20(2)9-10-21/h5-6,12H,3-4,7-11,13H2,1-2H3,(H,19,22). The molecule has 23 heavy (non-hydrogen) atoms. The van der Waals surface area contributed by atoms with E-state index in [4.69, 9.17) is 16.3 Å². The molecule has 1 aromatic rings. The van der Waals surface area contributed by atoms with Crippen LogP contribution in [0, 0.1) is 0 Å². The average Bonchev–Trinajstić information content (AvgIpc) is 2.71. The number of ether oxygens (including phenoxy) is 1. The third-order valence-electron chi connectivity index (χ3n) is 3.86. The summed E-state index contributed by atoms with van der Waals surface area (Å²) >= 11 is 6.19. The van der Waals surface area contributed by atoms with Crippen molar-refractivity contribution < 1.29 is 9.53 Å². The highest BCUT2D eigenvalue weighted by atomic mass is 35.5. The second-order valence-corrected chi connectivity index (χ2v) is 6.38. The van der Waals surface area contributed by atoms with E-state index >= 15 is 0 Å². The van der Waals surface area contributed by atoms with Crippen LogP contribution in [0.15, 0.2) is 18.2 Å². The molecule has 1 fully saturated rings. The second kappa shape index (κ2) is 9.11. The van der Waals surface area contributed by atoms with Crippen molar-refractivity contribution in [3.05, 3.63) is 23.2 Å². The van der Waals surface area contributed by atoms with Crippen LogP contribution in [0.25, 0.3) is 0 Å². The van der Waals surface area contributed by atoms with Crippen molar-refractivity contribution in [3.8, 4) is 5.75 Å². The molecule has 5 nitrogen and oxygen atoms in total. The van der Waals surface area contributed by atoms with Crippen molar-refractivity contribution in [2.45, 2.75) is 19.8 Å². The van der Waals surface area contributed by atoms with Gasteiger partial charge < -0.3 is 15.0 Å². The van der Waals surface area contributed by atoms with Gasteiger partial charge in [0.15, 0.2) is 0 Å². The zero-order valence-corrected chi connectivity index (χ0v) is 14.7. The lowest BCUT2D eigenvalue weighted by Gasteiger charge is -2.19. The van der Waals surface area contributed by atoms with Crippen molar-refractivity contribution in [2.75, 3.05) is 51.7 Å². The number of benzene rings is 1. The number of hydrogen-bond donors (Lipinski definition) is 1. The summed E-state index contributed by atoms with van der Waals surface area (Å²) in [5, 5.41) is 3.43. The number of rotatable bonds is 6. The van der Waals surface area contributed by atoms with E-state index < -0.39 is 0 Å². The van der Waals surface area contributed by atoms with Gasteiger partial charge in [0.25, 0.3) is 0 Å². The number of carbonyl (C=O) groups is 1. The van der Waals surface area contributed by atoms with Crippen LogP contribution < -0.4 is 10.1 Å². The highest BCUT2D eigenvalue weighted by molar-refractivity contribution is 6.32. The van der Waals surface area contributed by atoms with Crippen LogP contribution in [0.2, 0.25) is 5.02 Å². The summed E-state index contributed by atoms with van der Waals surface area (Å²) in [5.41, 5.74) is 0.704. The lowest BCUT2D eigenvalue weighted by molar-refractivity contribution is -0.117. The van der Waals surface area contributed by atoms with Gasteiger partial charge in [0.2, 0.25) is 5.91 Å². The van der Waals surface area contributed by atoms with Gasteiger partial charge in [-0.25, -0.2) is 0 Å². The summed E-state index contributed by atoms with van der Waals surface area (Å²) in [6, 6.07) is 5.36. The summed E-state index contributed by atoms with van der Waals surface area (Å²) in [6.45, 7) is 7.07. The summed E-state index contributed by atoms with van der Waals surface area (Å²) in [4.78, 5) is 16.7. The molecule has 1 aliphatic heterocycles. The Labute approximate surface area is 143 Å². The van der Waals surface area contributed by atoms with Crippen molar-refractivity contribution in [2.24, 2.45) is 0 Å². The van der Waals surface area contributed by atoms with Gasteiger partial charge in [-0.05, 0) is 51.2 Å². The highest BCUT2D eigenvalue weighted by Crippen LogP contribution is 2.27. The van der Waals surface area contributed by atoms with Gasteiger partial charge in [0.1, 0.15) is 5.75 Å². The van der Waals surface area contributed by atoms with Gasteiger partial charge in [-0.3, -0.25) is 9.69 Å². The number of amides is 1. The zero-order valence-electron chi connectivity index (χ0n) is 14.0. The average molecular weight is 340 g/mol. The molecule has 128 valence electrons. The molecule has 1 aromatic carbocycles. The van der Waals surface area contributed by atoms with E-state index in [0.717, 1.165) is 39.0 Å². The molecule has 2 rings (SSSR count). The number of likely N-dealkylation sites (N-methyl/N-ethyl adjacent to an activating group) is 1. The normalized spacial score (nSPS) is 16.8. The predicted octanol–water partition coefficient (Wildman–Crippen LogP) is 2.70. The molecule has 1 aliphatic rings. The third kappa shape index (κ3) is 6.01. The number of nitrogens with zero attached hydrogens (tertiary/aromatic N) is 2. The van der Waals surface area contributed by atoms with Crippen LogP contribution in [0.1, 0.15) is 19.8 Å². The van der Waals surface area contributed by atoms with Gasteiger partial charge in [-0.15, -0.1) is 0 Å². The largest absolute Gasteiger partial charge is 0.492 e. The number of carbonyl (C=O) groups excluding carboxylic acids is 1. The molecule has 0 unspecified atom stereocenters. The number of hydrogen-bond acceptors (Lipinski definition) is 4. The molecule has 0 saturated carbocycles. The van der Waals surface area contributed by atoms with Crippen molar-refractivity contribution >= 4 is 23.2 Å². The number of halogens is 1. The van der Waals surface area contributed by atoms with Crippen LogP contribution in [0.3, 0.4) is 0 Å². The second-order valence-electron chi connectivity index (χ2n) is 5.97. The maximum Gasteiger partial charge on any atom is 0.238 e. The lowest BCUT2D eigenvalue weighted by Crippen LogP contribution is -2.35. The minimum absolute atomic E-state index is 0.00662. The molecule has 0 spiro atoms. The van der Waals surface area contributed by atoms with Gasteiger partial charge in [0, 0.05) is 18.8 Å². The number of anilines is 1. The first-order chi connectivity index (χ1) is 11.1. The fourth-order valence-corrected chi connectivity index (χ4v) is 2.80. The predicted molar refractivity (Wildman–Crippen MR) is 94.4 cm³/mol. The first-order valence-corrected chi connectivity index (χ1v) is 8.59. The smallest absolute Gasteiger partial charge is 0.238 e. The van der Waals surface area contributed by atoms with Gasteiger partial charge in [0.05, 0.1) is 18.2 Å². The molecule has 0 radical (unpaired) electrons. The van der Waals surface area contributed by atoms with Crippen LogP contribution in [-0.4, -0.2) is 62.1 Å². The van der Waals surface area contributed by atoms with E-state index in [9.17, 15) is 4.79 Å². The molecule has 0 atom stereocenters. The fourth-order valence-electron chi connectivity index (χ4n) is 2.57. The Morgan fingerprint density at radius 2 is 2.13 bits per heavy atom. The van der Waals surface area contributed by atoms with E-state index in [1.807, 2.05) is 13.0 Å². The molecule has 0 aliphatic carbocycles. The van der Waals surface area contributed by atoms with Gasteiger partial charge >= 0.3 is 0 Å². The van der Waals surface area contributed by atoms with E-state index in [0.29, 0.717) is 29.6 Å². The van der Waals surface area contributed by atoms with Gasteiger partial charge in [-0.2, -0.15) is 0 Å². The zero-order chi connectivity index (χ0) is 16.7. The molecule has 0 aromatic heterocycles. The van der Waals surface area contributed by atoms with Crippen molar-refractivity contribution in [3.63, 3.8) is 0 Å². The topological polar surface area (TPSA) is 44.8 Å². The molecule has 1 amide bonds. The highest BCUT2D eigenvalue weighted by Gasteiger charge is 2.15. The molecule has 6 heteroatoms. The molecular formula is C17H26ClN3O2. The van der Waals surface area contributed by atoms with Gasteiger partial charge in [-0.1, -0.05) is 18.5 Å². The Hall–Kier alpha value is -1.30. The van der Waals surface area contributed by atoms with E-state index in [1.54, 1.807) is 12.1 Å². The number of nitrogens with one attached hydrogen (secondary N) is 1. The Morgan fingerprint density at radius 3 is 2.87 bits per heavy atom. The molecule has 1 N–H and O–H groups in total. The minimum Gasteiger partial charge on any atom is -0.492 e. The first-order valence-electron chi connectivity index (χ1n) is 8.21. The van der Waals surface area contributed by atoms with Crippen LogP contribution >= 0.6 is 11.6 Å². The van der Waals surface area contributed by atoms with Crippen LogP contribution in [-0.2, 0) is 4.79 Å². The first kappa shape index (κ1) is 18.0. The van der Waals surface area contributed by atoms with E-state index in [1.165, 1.54) is 0 Å². The Bertz CT molecular complexity index is 525. The molecular weight excluding hydrogens is 314 g/mol. The maximum absolute atomic E-state index is 12.2. The Morgan fingerprint density at radius 1 is 1.30 bits per heavy atom. The summed E-state index contributed by atoms with van der Waals surface area (Å²) in [5.74, 6) is 0.648. The minimum atomic E-state index is -0.00662. The quantitative estimate of drug-likeness (QED) is 0.865. The Balaban J connectivity index is 1.86. The van der Waals surface area contributed by atoms with Crippen LogP contribution in [0.5, 0.6) is 5.75 Å². The van der Waals surface area contributed by atoms with Crippen LogP contribution in [0.4, 0.5) is 5.69 Å². The van der Waals surface area contributed by atoms with E-state index in [-0.39, 0.29) is 5.91 Å². The maximum atomic E-state index is 12.2. The summed E-state index contributed by atoms with van der Waals surface area (Å²) < 4.78 is 5.53. The molecule has 1 saturated heterocycles.